The van der Waals surface area contributed by atoms with Gasteiger partial charge in [-0.1, -0.05) is 17.7 Å². The molecule has 4 heteroatoms. The maximum atomic E-state index is 5.93. The standard InChI is InChI=1S/C12H15ClN2O/c1-8-7-9(13)4-5-10(8)12(15-14)11-3-2-6-16-11/h3-5,7,12,15H,2,6,14H2,1H3. The normalized spacial score (nSPS) is 16.8. The number of ether oxygens (including phenoxy) is 1. The van der Waals surface area contributed by atoms with Crippen molar-refractivity contribution in [1.29, 1.82) is 0 Å². The third kappa shape index (κ3) is 2.21. The Labute approximate surface area is 100 Å². The molecule has 1 unspecified atom stereocenters. The molecule has 86 valence electrons. The van der Waals surface area contributed by atoms with Crippen LogP contribution in [0.4, 0.5) is 0 Å². The lowest BCUT2D eigenvalue weighted by Crippen LogP contribution is -2.30. The number of nitrogens with two attached hydrogens (primary N) is 1. The predicted molar refractivity (Wildman–Crippen MR) is 64.9 cm³/mol. The van der Waals surface area contributed by atoms with Crippen molar-refractivity contribution in [3.8, 4) is 0 Å². The van der Waals surface area contributed by atoms with Gasteiger partial charge in [-0.05, 0) is 36.3 Å². The molecule has 1 aliphatic heterocycles. The highest BCUT2D eigenvalue weighted by Crippen LogP contribution is 2.29. The number of hydrazine groups is 1. The van der Waals surface area contributed by atoms with E-state index >= 15 is 0 Å². The molecule has 3 N–H and O–H groups in total. The fourth-order valence-corrected chi connectivity index (χ4v) is 2.15. The minimum absolute atomic E-state index is 0.0835. The van der Waals surface area contributed by atoms with Crippen LogP contribution in [-0.4, -0.2) is 6.61 Å². The van der Waals surface area contributed by atoms with Crippen LogP contribution >= 0.6 is 11.6 Å². The lowest BCUT2D eigenvalue weighted by Gasteiger charge is -2.19. The second-order valence-electron chi connectivity index (χ2n) is 3.84. The Balaban J connectivity index is 2.32. The van der Waals surface area contributed by atoms with E-state index in [1.165, 1.54) is 0 Å². The summed E-state index contributed by atoms with van der Waals surface area (Å²) in [5, 5.41) is 0.735. The van der Waals surface area contributed by atoms with Gasteiger partial charge in [0, 0.05) is 11.4 Å². The smallest absolute Gasteiger partial charge is 0.115 e. The van der Waals surface area contributed by atoms with Gasteiger partial charge in [-0.25, -0.2) is 5.43 Å². The van der Waals surface area contributed by atoms with Crippen molar-refractivity contribution in [3.63, 3.8) is 0 Å². The van der Waals surface area contributed by atoms with Crippen LogP contribution in [0.15, 0.2) is 30.0 Å². The van der Waals surface area contributed by atoms with E-state index in [0.29, 0.717) is 0 Å². The molecule has 3 nitrogen and oxygen atoms in total. The van der Waals surface area contributed by atoms with Crippen LogP contribution in [-0.2, 0) is 4.74 Å². The van der Waals surface area contributed by atoms with Crippen molar-refractivity contribution >= 4 is 11.6 Å². The van der Waals surface area contributed by atoms with E-state index in [1.807, 2.05) is 25.1 Å². The van der Waals surface area contributed by atoms with E-state index in [9.17, 15) is 0 Å². The van der Waals surface area contributed by atoms with E-state index in [0.717, 1.165) is 34.9 Å². The first-order valence-electron chi connectivity index (χ1n) is 5.27. The zero-order valence-electron chi connectivity index (χ0n) is 9.16. The molecule has 0 aromatic heterocycles. The van der Waals surface area contributed by atoms with Gasteiger partial charge in [-0.3, -0.25) is 5.84 Å². The number of nitrogens with one attached hydrogen (secondary N) is 1. The number of rotatable bonds is 3. The van der Waals surface area contributed by atoms with E-state index in [2.05, 4.69) is 11.5 Å². The largest absolute Gasteiger partial charge is 0.496 e. The Bertz CT molecular complexity index is 417. The summed E-state index contributed by atoms with van der Waals surface area (Å²) in [6, 6.07) is 5.69. The summed E-state index contributed by atoms with van der Waals surface area (Å²) in [6.07, 6.45) is 3.01. The van der Waals surface area contributed by atoms with Crippen LogP contribution in [0.5, 0.6) is 0 Å². The van der Waals surface area contributed by atoms with Crippen molar-refractivity contribution in [1.82, 2.24) is 5.43 Å². The lowest BCUT2D eigenvalue weighted by molar-refractivity contribution is 0.215. The fourth-order valence-electron chi connectivity index (χ4n) is 1.93. The molecule has 0 bridgehead atoms. The molecule has 0 spiro atoms. The molecule has 0 saturated heterocycles. The molecule has 1 aromatic rings. The van der Waals surface area contributed by atoms with Gasteiger partial charge in [-0.15, -0.1) is 0 Å². The Morgan fingerprint density at radius 2 is 2.31 bits per heavy atom. The van der Waals surface area contributed by atoms with Gasteiger partial charge in [0.25, 0.3) is 0 Å². The summed E-state index contributed by atoms with van der Waals surface area (Å²) in [5.41, 5.74) is 4.99. The predicted octanol–water partition coefficient (Wildman–Crippen LogP) is 2.46. The topological polar surface area (TPSA) is 47.3 Å². The molecular formula is C12H15ClN2O. The number of hydrogen-bond donors (Lipinski definition) is 2. The Morgan fingerprint density at radius 1 is 1.50 bits per heavy atom. The number of aryl methyl sites for hydroxylation is 1. The summed E-state index contributed by atoms with van der Waals surface area (Å²) in [7, 11) is 0. The van der Waals surface area contributed by atoms with Gasteiger partial charge in [0.05, 0.1) is 6.61 Å². The van der Waals surface area contributed by atoms with E-state index in [1.54, 1.807) is 0 Å². The quantitative estimate of drug-likeness (QED) is 0.628. The lowest BCUT2D eigenvalue weighted by atomic mass is 10.00. The number of hydrogen-bond acceptors (Lipinski definition) is 3. The number of halogens is 1. The molecule has 0 amide bonds. The Kier molecular flexibility index (Phi) is 3.49. The van der Waals surface area contributed by atoms with E-state index in [-0.39, 0.29) is 6.04 Å². The molecule has 1 aliphatic rings. The average molecular weight is 239 g/mol. The molecule has 1 atom stereocenters. The van der Waals surface area contributed by atoms with Gasteiger partial charge in [-0.2, -0.15) is 0 Å². The Morgan fingerprint density at radius 3 is 2.88 bits per heavy atom. The van der Waals surface area contributed by atoms with Crippen LogP contribution in [0.2, 0.25) is 5.02 Å². The molecule has 0 aliphatic carbocycles. The van der Waals surface area contributed by atoms with E-state index < -0.39 is 0 Å². The van der Waals surface area contributed by atoms with Gasteiger partial charge in [0.1, 0.15) is 11.8 Å². The van der Waals surface area contributed by atoms with Crippen molar-refractivity contribution in [2.45, 2.75) is 19.4 Å². The van der Waals surface area contributed by atoms with Crippen molar-refractivity contribution < 1.29 is 4.74 Å². The third-order valence-electron chi connectivity index (χ3n) is 2.73. The highest BCUT2D eigenvalue weighted by molar-refractivity contribution is 6.30. The first kappa shape index (κ1) is 11.5. The van der Waals surface area contributed by atoms with Crippen LogP contribution in [0.1, 0.15) is 23.6 Å². The molecule has 0 radical (unpaired) electrons. The second kappa shape index (κ2) is 4.87. The summed E-state index contributed by atoms with van der Waals surface area (Å²) in [6.45, 7) is 2.75. The zero-order chi connectivity index (χ0) is 11.5. The van der Waals surface area contributed by atoms with Crippen molar-refractivity contribution in [2.75, 3.05) is 6.61 Å². The summed E-state index contributed by atoms with van der Waals surface area (Å²) in [4.78, 5) is 0. The molecule has 0 saturated carbocycles. The summed E-state index contributed by atoms with van der Waals surface area (Å²) >= 11 is 5.93. The molecule has 1 heterocycles. The molecule has 0 fully saturated rings. The summed E-state index contributed by atoms with van der Waals surface area (Å²) in [5.74, 6) is 6.48. The van der Waals surface area contributed by atoms with Crippen LogP contribution in [0, 0.1) is 6.92 Å². The second-order valence-corrected chi connectivity index (χ2v) is 4.28. The molecule has 16 heavy (non-hydrogen) atoms. The SMILES string of the molecule is Cc1cc(Cl)ccc1C(NN)C1=CCCO1. The maximum absolute atomic E-state index is 5.93. The number of benzene rings is 1. The molecular weight excluding hydrogens is 224 g/mol. The first-order chi connectivity index (χ1) is 7.72. The average Bonchev–Trinajstić information content (AvgIpc) is 2.75. The van der Waals surface area contributed by atoms with Gasteiger partial charge in [0.15, 0.2) is 0 Å². The minimum atomic E-state index is -0.0835. The monoisotopic (exact) mass is 238 g/mol. The van der Waals surface area contributed by atoms with Crippen LogP contribution in [0.25, 0.3) is 0 Å². The van der Waals surface area contributed by atoms with Crippen LogP contribution < -0.4 is 11.3 Å². The zero-order valence-corrected chi connectivity index (χ0v) is 9.92. The van der Waals surface area contributed by atoms with Crippen LogP contribution in [0.3, 0.4) is 0 Å². The van der Waals surface area contributed by atoms with E-state index in [4.69, 9.17) is 22.2 Å². The van der Waals surface area contributed by atoms with Gasteiger partial charge in [0.2, 0.25) is 0 Å². The summed E-state index contributed by atoms with van der Waals surface area (Å²) < 4.78 is 5.53. The maximum Gasteiger partial charge on any atom is 0.115 e. The first-order valence-corrected chi connectivity index (χ1v) is 5.65. The minimum Gasteiger partial charge on any atom is -0.496 e. The third-order valence-corrected chi connectivity index (χ3v) is 2.96. The fraction of sp³-hybridized carbons (Fsp3) is 0.333. The highest BCUT2D eigenvalue weighted by atomic mass is 35.5. The highest BCUT2D eigenvalue weighted by Gasteiger charge is 2.20. The van der Waals surface area contributed by atoms with Gasteiger partial charge < -0.3 is 4.74 Å². The van der Waals surface area contributed by atoms with Gasteiger partial charge >= 0.3 is 0 Å². The molecule has 2 rings (SSSR count). The van der Waals surface area contributed by atoms with Crippen molar-refractivity contribution in [3.05, 3.63) is 46.2 Å². The van der Waals surface area contributed by atoms with Crippen molar-refractivity contribution in [2.24, 2.45) is 5.84 Å². The molecule has 1 aromatic carbocycles. The Hall–Kier alpha value is -1.03.